The molecule has 0 fully saturated rings. The van der Waals surface area contributed by atoms with Gasteiger partial charge in [-0.1, -0.05) is 19.1 Å². The Labute approximate surface area is 163 Å². The van der Waals surface area contributed by atoms with Crippen LogP contribution in [0.4, 0.5) is 0 Å². The van der Waals surface area contributed by atoms with Crippen molar-refractivity contribution in [3.8, 4) is 28.5 Å². The number of hydrogen-bond acceptors (Lipinski definition) is 6. The van der Waals surface area contributed by atoms with Crippen LogP contribution >= 0.6 is 0 Å². The van der Waals surface area contributed by atoms with Crippen LogP contribution in [0, 0.1) is 6.92 Å². The first kappa shape index (κ1) is 18.1. The molecular weight excluding hydrogens is 352 g/mol. The molecule has 7 nitrogen and oxygen atoms in total. The first-order valence-electron chi connectivity index (χ1n) is 9.31. The summed E-state index contributed by atoms with van der Waals surface area (Å²) in [4.78, 5) is 21.8. The summed E-state index contributed by atoms with van der Waals surface area (Å²) in [5, 5.41) is 0. The molecule has 4 rings (SSSR count). The van der Waals surface area contributed by atoms with Crippen LogP contribution in [-0.2, 0) is 6.42 Å². The first-order chi connectivity index (χ1) is 13.7. The fraction of sp³-hybridized carbons (Fsp3) is 0.238. The number of aromatic amines is 1. The van der Waals surface area contributed by atoms with E-state index in [-0.39, 0.29) is 0 Å². The quantitative estimate of drug-likeness (QED) is 0.537. The Morgan fingerprint density at radius 3 is 2.75 bits per heavy atom. The molecule has 1 aromatic carbocycles. The maximum atomic E-state index is 5.51. The largest absolute Gasteiger partial charge is 0.475 e. The molecule has 0 aliphatic carbocycles. The summed E-state index contributed by atoms with van der Waals surface area (Å²) in [6.07, 6.45) is 2.43. The van der Waals surface area contributed by atoms with E-state index in [1.54, 1.807) is 6.20 Å². The Morgan fingerprint density at radius 2 is 1.96 bits per heavy atom. The van der Waals surface area contributed by atoms with Crippen LogP contribution in [0.3, 0.4) is 0 Å². The summed E-state index contributed by atoms with van der Waals surface area (Å²) in [6, 6.07) is 11.9. The number of fused-ring (bicyclic) bond motifs is 1. The molecule has 7 heteroatoms. The molecule has 0 bridgehead atoms. The highest BCUT2D eigenvalue weighted by Crippen LogP contribution is 2.31. The van der Waals surface area contributed by atoms with Crippen LogP contribution in [0.25, 0.3) is 33.7 Å². The van der Waals surface area contributed by atoms with Crippen molar-refractivity contribution in [1.82, 2.24) is 24.9 Å². The molecule has 0 saturated heterocycles. The van der Waals surface area contributed by atoms with Gasteiger partial charge in [0.1, 0.15) is 18.1 Å². The van der Waals surface area contributed by atoms with E-state index in [0.29, 0.717) is 19.0 Å². The molecule has 3 aromatic heterocycles. The van der Waals surface area contributed by atoms with Crippen molar-refractivity contribution in [2.75, 3.05) is 13.2 Å². The minimum Gasteiger partial charge on any atom is -0.475 e. The highest BCUT2D eigenvalue weighted by Gasteiger charge is 2.15. The molecule has 0 atom stereocenters. The van der Waals surface area contributed by atoms with Gasteiger partial charge in [-0.2, -0.15) is 0 Å². The van der Waals surface area contributed by atoms with Crippen LogP contribution in [0.1, 0.15) is 18.4 Å². The summed E-state index contributed by atoms with van der Waals surface area (Å²) in [6.45, 7) is 4.89. The van der Waals surface area contributed by atoms with E-state index in [2.05, 4.69) is 26.9 Å². The van der Waals surface area contributed by atoms with Crippen LogP contribution in [0.15, 0.2) is 42.6 Å². The number of pyridine rings is 1. The van der Waals surface area contributed by atoms with E-state index in [1.165, 1.54) is 0 Å². The lowest BCUT2D eigenvalue weighted by Crippen LogP contribution is -2.11. The second kappa shape index (κ2) is 7.74. The van der Waals surface area contributed by atoms with Gasteiger partial charge in [0.2, 0.25) is 5.88 Å². The van der Waals surface area contributed by atoms with Crippen molar-refractivity contribution < 1.29 is 4.74 Å². The third kappa shape index (κ3) is 3.57. The smallest absolute Gasteiger partial charge is 0.232 e. The van der Waals surface area contributed by atoms with E-state index in [1.807, 2.05) is 43.3 Å². The maximum absolute atomic E-state index is 5.51. The Balaban J connectivity index is 1.81. The van der Waals surface area contributed by atoms with Crippen LogP contribution < -0.4 is 10.5 Å². The number of hydrogen-bond donors (Lipinski definition) is 2. The van der Waals surface area contributed by atoms with Gasteiger partial charge in [-0.05, 0) is 31.2 Å². The monoisotopic (exact) mass is 374 g/mol. The van der Waals surface area contributed by atoms with Gasteiger partial charge in [-0.3, -0.25) is 4.98 Å². The Kier molecular flexibility index (Phi) is 4.99. The maximum Gasteiger partial charge on any atom is 0.232 e. The minimum absolute atomic E-state index is 0.406. The molecule has 0 amide bonds. The summed E-state index contributed by atoms with van der Waals surface area (Å²) in [5.41, 5.74) is 11.6. The number of ether oxygens (including phenoxy) is 1. The van der Waals surface area contributed by atoms with Gasteiger partial charge in [0.25, 0.3) is 0 Å². The number of rotatable bonds is 6. The van der Waals surface area contributed by atoms with Gasteiger partial charge >= 0.3 is 0 Å². The Hall–Kier alpha value is -3.32. The molecule has 3 N–H and O–H groups in total. The number of nitrogens with one attached hydrogen (secondary N) is 1. The lowest BCUT2D eigenvalue weighted by atomic mass is 10.1. The zero-order valence-corrected chi connectivity index (χ0v) is 15.9. The lowest BCUT2D eigenvalue weighted by Gasteiger charge is -2.07. The summed E-state index contributed by atoms with van der Waals surface area (Å²) in [7, 11) is 0. The first-order valence-corrected chi connectivity index (χ1v) is 9.31. The van der Waals surface area contributed by atoms with E-state index in [0.717, 1.165) is 51.6 Å². The van der Waals surface area contributed by atoms with Crippen LogP contribution in [0.5, 0.6) is 5.88 Å². The Morgan fingerprint density at radius 1 is 1.07 bits per heavy atom. The number of imidazole rings is 1. The minimum atomic E-state index is 0.406. The molecule has 3 heterocycles. The van der Waals surface area contributed by atoms with E-state index in [4.69, 9.17) is 15.5 Å². The third-order valence-electron chi connectivity index (χ3n) is 4.40. The fourth-order valence-corrected chi connectivity index (χ4v) is 3.04. The number of H-pyrrole nitrogens is 1. The number of aryl methyl sites for hydroxylation is 2. The van der Waals surface area contributed by atoms with Crippen LogP contribution in [-0.4, -0.2) is 38.1 Å². The van der Waals surface area contributed by atoms with Gasteiger partial charge in [-0.25, -0.2) is 15.0 Å². The van der Waals surface area contributed by atoms with Crippen molar-refractivity contribution in [1.29, 1.82) is 0 Å². The van der Waals surface area contributed by atoms with E-state index >= 15 is 0 Å². The van der Waals surface area contributed by atoms with Crippen molar-refractivity contribution in [3.63, 3.8) is 0 Å². The van der Waals surface area contributed by atoms with Crippen molar-refractivity contribution >= 4 is 11.0 Å². The molecule has 0 spiro atoms. The molecule has 4 aromatic rings. The second-order valence-electron chi connectivity index (χ2n) is 6.47. The normalized spacial score (nSPS) is 11.1. The molecule has 0 aliphatic rings. The summed E-state index contributed by atoms with van der Waals surface area (Å²) < 4.78 is 5.51. The van der Waals surface area contributed by atoms with Crippen molar-refractivity contribution in [2.45, 2.75) is 20.3 Å². The van der Waals surface area contributed by atoms with Gasteiger partial charge in [0.05, 0.1) is 28.6 Å². The summed E-state index contributed by atoms with van der Waals surface area (Å²) in [5.74, 6) is 1.38. The Bertz CT molecular complexity index is 1120. The molecule has 28 heavy (non-hydrogen) atoms. The highest BCUT2D eigenvalue weighted by molar-refractivity contribution is 5.85. The average molecular weight is 374 g/mol. The van der Waals surface area contributed by atoms with Gasteiger partial charge in [0, 0.05) is 24.2 Å². The highest BCUT2D eigenvalue weighted by atomic mass is 16.5. The number of nitrogens with two attached hydrogens (primary N) is 1. The van der Waals surface area contributed by atoms with E-state index in [9.17, 15) is 0 Å². The number of benzene rings is 1. The van der Waals surface area contributed by atoms with Gasteiger partial charge in [-0.15, -0.1) is 0 Å². The van der Waals surface area contributed by atoms with Gasteiger partial charge in [0.15, 0.2) is 0 Å². The summed E-state index contributed by atoms with van der Waals surface area (Å²) >= 11 is 0. The average Bonchev–Trinajstić information content (AvgIpc) is 3.16. The fourth-order valence-electron chi connectivity index (χ4n) is 3.04. The number of nitrogens with zero attached hydrogens (tertiary/aromatic N) is 4. The third-order valence-corrected chi connectivity index (χ3v) is 4.40. The molecule has 142 valence electrons. The zero-order valence-electron chi connectivity index (χ0n) is 15.9. The predicted octanol–water partition coefficient (Wildman–Crippen LogP) is 3.29. The number of aromatic nitrogens is 5. The molecule has 0 radical (unpaired) electrons. The zero-order chi connectivity index (χ0) is 19.5. The van der Waals surface area contributed by atoms with Crippen molar-refractivity contribution in [2.24, 2.45) is 5.73 Å². The molecular formula is C21H22N6O. The topological polar surface area (TPSA) is 103 Å². The lowest BCUT2D eigenvalue weighted by molar-refractivity contribution is 0.315. The SMILES string of the molecule is CCc1nc(-c2cccc(C)n2)c(-c2ccc3ncc(OCCN)nc3c2)[nH]1. The molecule has 0 saturated carbocycles. The van der Waals surface area contributed by atoms with Gasteiger partial charge < -0.3 is 15.5 Å². The predicted molar refractivity (Wildman–Crippen MR) is 109 cm³/mol. The second-order valence-corrected chi connectivity index (χ2v) is 6.47. The van der Waals surface area contributed by atoms with E-state index < -0.39 is 0 Å². The van der Waals surface area contributed by atoms with Crippen LogP contribution in [0.2, 0.25) is 0 Å². The standard InChI is InChI=1S/C21H22N6O/c1-3-18-26-20(21(27-18)16-6-4-5-13(2)24-16)14-7-8-15-17(11-14)25-19(12-23-15)28-10-9-22/h4-8,11-12H,3,9-10,22H2,1-2H3,(H,26,27). The molecule has 0 aliphatic heterocycles. The molecule has 0 unspecified atom stereocenters. The van der Waals surface area contributed by atoms with Crippen molar-refractivity contribution in [3.05, 3.63) is 54.1 Å².